The van der Waals surface area contributed by atoms with Crippen molar-refractivity contribution in [1.29, 1.82) is 0 Å². The molecule has 0 spiro atoms. The topological polar surface area (TPSA) is 102 Å². The molecule has 2 aromatic heterocycles. The fourth-order valence-corrected chi connectivity index (χ4v) is 4.04. The van der Waals surface area contributed by atoms with E-state index in [1.54, 1.807) is 37.3 Å². The van der Waals surface area contributed by atoms with Crippen molar-refractivity contribution < 1.29 is 18.7 Å². The zero-order valence-electron chi connectivity index (χ0n) is 21.0. The van der Waals surface area contributed by atoms with Crippen LogP contribution in [0.4, 0.5) is 5.69 Å². The summed E-state index contributed by atoms with van der Waals surface area (Å²) in [4.78, 5) is 29.0. The molecule has 9 nitrogen and oxygen atoms in total. The van der Waals surface area contributed by atoms with Crippen LogP contribution in [0.1, 0.15) is 37.8 Å². The lowest BCUT2D eigenvalue weighted by Crippen LogP contribution is -2.45. The Morgan fingerprint density at radius 2 is 1.83 bits per heavy atom. The molecule has 0 radical (unpaired) electrons. The van der Waals surface area contributed by atoms with Gasteiger partial charge in [0.2, 0.25) is 5.91 Å². The highest BCUT2D eigenvalue weighted by Gasteiger charge is 2.36. The van der Waals surface area contributed by atoms with Crippen LogP contribution in [0, 0.1) is 12.8 Å². The standard InChI is InChI=1S/C27H31N5O4/c1-18(2)15-16-28-27(34)26(24-14-13-19(3)36-24)32(22-11-7-8-12-23(22)35-4)25(33)17-31-21-10-6-5-9-20(21)29-30-31/h5-14,18,26H,15-17H2,1-4H3,(H,28,34)/t26-/m0/s1. The molecule has 0 aliphatic carbocycles. The Labute approximate surface area is 210 Å². The molecule has 4 aromatic rings. The summed E-state index contributed by atoms with van der Waals surface area (Å²) in [5.74, 6) is 1.16. The number of nitrogens with zero attached hydrogens (tertiary/aromatic N) is 4. The van der Waals surface area contributed by atoms with Gasteiger partial charge in [-0.2, -0.15) is 0 Å². The number of carbonyl (C=O) groups is 2. The van der Waals surface area contributed by atoms with Gasteiger partial charge in [0.1, 0.15) is 29.3 Å². The highest BCUT2D eigenvalue weighted by molar-refractivity contribution is 6.02. The van der Waals surface area contributed by atoms with Gasteiger partial charge in [0.05, 0.1) is 18.3 Å². The summed E-state index contributed by atoms with van der Waals surface area (Å²) in [5.41, 5.74) is 1.85. The van der Waals surface area contributed by atoms with E-state index in [0.717, 1.165) is 11.9 Å². The van der Waals surface area contributed by atoms with Gasteiger partial charge >= 0.3 is 0 Å². The van der Waals surface area contributed by atoms with Crippen LogP contribution in [0.3, 0.4) is 0 Å². The third-order valence-electron chi connectivity index (χ3n) is 5.88. The van der Waals surface area contributed by atoms with Gasteiger partial charge in [0.25, 0.3) is 5.91 Å². The number of carbonyl (C=O) groups excluding carboxylic acids is 2. The quantitative estimate of drug-likeness (QED) is 0.357. The Balaban J connectivity index is 1.78. The molecule has 2 amide bonds. The first-order valence-corrected chi connectivity index (χ1v) is 12.0. The average Bonchev–Trinajstić information content (AvgIpc) is 3.48. The molecule has 36 heavy (non-hydrogen) atoms. The number of para-hydroxylation sites is 3. The zero-order valence-corrected chi connectivity index (χ0v) is 21.0. The van der Waals surface area contributed by atoms with Crippen molar-refractivity contribution in [3.63, 3.8) is 0 Å². The maximum Gasteiger partial charge on any atom is 0.251 e. The van der Waals surface area contributed by atoms with E-state index in [-0.39, 0.29) is 18.4 Å². The molecule has 9 heteroatoms. The van der Waals surface area contributed by atoms with Gasteiger partial charge in [0.15, 0.2) is 6.04 Å². The number of furan rings is 1. The maximum atomic E-state index is 14.0. The number of nitrogens with one attached hydrogen (secondary N) is 1. The Bertz CT molecular complexity index is 1340. The lowest BCUT2D eigenvalue weighted by Gasteiger charge is -2.31. The number of aryl methyl sites for hydroxylation is 1. The molecule has 2 heterocycles. The van der Waals surface area contributed by atoms with Crippen molar-refractivity contribution in [3.8, 4) is 5.75 Å². The normalized spacial score (nSPS) is 12.0. The fourth-order valence-electron chi connectivity index (χ4n) is 4.04. The fraction of sp³-hybridized carbons (Fsp3) is 0.333. The molecule has 0 aliphatic rings. The minimum atomic E-state index is -1.05. The summed E-state index contributed by atoms with van der Waals surface area (Å²) in [6, 6.07) is 17.0. The number of aromatic nitrogens is 3. The molecule has 0 unspecified atom stereocenters. The van der Waals surface area contributed by atoms with E-state index in [2.05, 4.69) is 29.5 Å². The van der Waals surface area contributed by atoms with E-state index in [1.165, 1.54) is 16.7 Å². The SMILES string of the molecule is COc1ccccc1N(C(=O)Cn1nnc2ccccc21)[C@H](C(=O)NCCC(C)C)c1ccc(C)o1. The number of methoxy groups -OCH3 is 1. The number of ether oxygens (including phenoxy) is 1. The van der Waals surface area contributed by atoms with Crippen molar-refractivity contribution in [2.75, 3.05) is 18.6 Å². The van der Waals surface area contributed by atoms with E-state index < -0.39 is 6.04 Å². The van der Waals surface area contributed by atoms with Crippen LogP contribution >= 0.6 is 0 Å². The molecule has 1 N–H and O–H groups in total. The van der Waals surface area contributed by atoms with E-state index in [9.17, 15) is 9.59 Å². The van der Waals surface area contributed by atoms with Crippen molar-refractivity contribution >= 4 is 28.5 Å². The summed E-state index contributed by atoms with van der Waals surface area (Å²) in [6.45, 7) is 6.33. The molecule has 0 saturated heterocycles. The van der Waals surface area contributed by atoms with Gasteiger partial charge in [-0.15, -0.1) is 5.10 Å². The largest absolute Gasteiger partial charge is 0.495 e. The van der Waals surface area contributed by atoms with Crippen molar-refractivity contribution in [2.24, 2.45) is 5.92 Å². The second-order valence-corrected chi connectivity index (χ2v) is 9.00. The molecule has 2 aromatic carbocycles. The zero-order chi connectivity index (χ0) is 25.7. The number of anilines is 1. The second kappa shape index (κ2) is 11.1. The molecule has 0 fully saturated rings. The smallest absolute Gasteiger partial charge is 0.251 e. The Morgan fingerprint density at radius 3 is 2.56 bits per heavy atom. The van der Waals surface area contributed by atoms with E-state index in [1.807, 2.05) is 30.3 Å². The summed E-state index contributed by atoms with van der Waals surface area (Å²) < 4.78 is 13.0. The number of fused-ring (bicyclic) bond motifs is 1. The van der Waals surface area contributed by atoms with Gasteiger partial charge in [-0.25, -0.2) is 4.68 Å². The van der Waals surface area contributed by atoms with Crippen LogP contribution in [0.2, 0.25) is 0 Å². The number of rotatable bonds is 10. The summed E-state index contributed by atoms with van der Waals surface area (Å²) in [6.07, 6.45) is 0.809. The lowest BCUT2D eigenvalue weighted by atomic mass is 10.1. The van der Waals surface area contributed by atoms with Crippen LogP contribution < -0.4 is 15.0 Å². The van der Waals surface area contributed by atoms with Gasteiger partial charge in [0, 0.05) is 6.54 Å². The minimum absolute atomic E-state index is 0.131. The van der Waals surface area contributed by atoms with Crippen LogP contribution in [0.15, 0.2) is 65.1 Å². The molecule has 0 saturated carbocycles. The number of hydrogen-bond acceptors (Lipinski definition) is 6. The van der Waals surface area contributed by atoms with Gasteiger partial charge in [-0.1, -0.05) is 43.3 Å². The molecule has 188 valence electrons. The maximum absolute atomic E-state index is 14.0. The predicted molar refractivity (Wildman–Crippen MR) is 137 cm³/mol. The lowest BCUT2D eigenvalue weighted by molar-refractivity contribution is -0.127. The van der Waals surface area contributed by atoms with Gasteiger partial charge in [-0.3, -0.25) is 14.5 Å². The van der Waals surface area contributed by atoms with E-state index in [0.29, 0.717) is 40.9 Å². The second-order valence-electron chi connectivity index (χ2n) is 9.00. The summed E-state index contributed by atoms with van der Waals surface area (Å²) in [5, 5.41) is 11.3. The molecular weight excluding hydrogens is 458 g/mol. The van der Waals surface area contributed by atoms with Crippen molar-refractivity contribution in [1.82, 2.24) is 20.3 Å². The molecule has 1 atom stereocenters. The number of benzene rings is 2. The molecular formula is C27H31N5O4. The first kappa shape index (κ1) is 25.0. The third-order valence-corrected chi connectivity index (χ3v) is 5.88. The number of hydrogen-bond donors (Lipinski definition) is 1. The molecule has 0 aliphatic heterocycles. The summed E-state index contributed by atoms with van der Waals surface area (Å²) in [7, 11) is 1.53. The first-order valence-electron chi connectivity index (χ1n) is 12.0. The van der Waals surface area contributed by atoms with E-state index >= 15 is 0 Å². The average molecular weight is 490 g/mol. The van der Waals surface area contributed by atoms with Crippen molar-refractivity contribution in [2.45, 2.75) is 39.8 Å². The monoisotopic (exact) mass is 489 g/mol. The van der Waals surface area contributed by atoms with Crippen LogP contribution in [-0.2, 0) is 16.1 Å². The van der Waals surface area contributed by atoms with Crippen LogP contribution in [0.5, 0.6) is 5.75 Å². The number of amides is 2. The third kappa shape index (κ3) is 5.40. The van der Waals surface area contributed by atoms with Gasteiger partial charge < -0.3 is 14.5 Å². The highest BCUT2D eigenvalue weighted by atomic mass is 16.5. The van der Waals surface area contributed by atoms with Crippen LogP contribution in [-0.4, -0.2) is 40.5 Å². The Morgan fingerprint density at radius 1 is 1.08 bits per heavy atom. The summed E-state index contributed by atoms with van der Waals surface area (Å²) >= 11 is 0. The Hall–Kier alpha value is -4.14. The minimum Gasteiger partial charge on any atom is -0.495 e. The van der Waals surface area contributed by atoms with Crippen molar-refractivity contribution in [3.05, 3.63) is 72.2 Å². The first-order chi connectivity index (χ1) is 17.4. The molecule has 0 bridgehead atoms. The highest BCUT2D eigenvalue weighted by Crippen LogP contribution is 2.35. The van der Waals surface area contributed by atoms with Gasteiger partial charge in [-0.05, 0) is 55.7 Å². The Kier molecular flexibility index (Phi) is 7.68. The predicted octanol–water partition coefficient (Wildman–Crippen LogP) is 4.28. The van der Waals surface area contributed by atoms with Crippen LogP contribution in [0.25, 0.3) is 11.0 Å². The van der Waals surface area contributed by atoms with E-state index in [4.69, 9.17) is 9.15 Å². The molecule has 4 rings (SSSR count).